The molecule has 0 spiro atoms. The van der Waals surface area contributed by atoms with Gasteiger partial charge in [-0.15, -0.1) is 0 Å². The van der Waals surface area contributed by atoms with Gasteiger partial charge in [0.05, 0.1) is 6.61 Å². The standard InChI is InChI=1S/C15H23NO2/c1-4-18-15(17)11-7-10-13-8-5-6-9-14(13)12-16(2)3/h5-6,8-9H,4,7,10-12H2,1-3H3. The third-order valence-corrected chi connectivity index (χ3v) is 2.74. The lowest BCUT2D eigenvalue weighted by Gasteiger charge is -2.14. The summed E-state index contributed by atoms with van der Waals surface area (Å²) in [6.45, 7) is 3.25. The number of aryl methyl sites for hydroxylation is 1. The molecular weight excluding hydrogens is 226 g/mol. The monoisotopic (exact) mass is 249 g/mol. The van der Waals surface area contributed by atoms with Crippen LogP contribution >= 0.6 is 0 Å². The molecule has 0 saturated carbocycles. The fourth-order valence-electron chi connectivity index (χ4n) is 1.95. The molecule has 0 atom stereocenters. The summed E-state index contributed by atoms with van der Waals surface area (Å²) in [4.78, 5) is 13.4. The lowest BCUT2D eigenvalue weighted by molar-refractivity contribution is -0.143. The molecule has 0 unspecified atom stereocenters. The molecule has 3 nitrogen and oxygen atoms in total. The zero-order chi connectivity index (χ0) is 13.4. The third-order valence-electron chi connectivity index (χ3n) is 2.74. The van der Waals surface area contributed by atoms with Crippen LogP contribution in [-0.2, 0) is 22.5 Å². The van der Waals surface area contributed by atoms with Gasteiger partial charge in [-0.25, -0.2) is 0 Å². The Morgan fingerprint density at radius 1 is 1.22 bits per heavy atom. The van der Waals surface area contributed by atoms with E-state index in [1.54, 1.807) is 0 Å². The minimum atomic E-state index is -0.0948. The maximum absolute atomic E-state index is 11.3. The van der Waals surface area contributed by atoms with Crippen LogP contribution in [0, 0.1) is 0 Å². The maximum Gasteiger partial charge on any atom is 0.305 e. The Morgan fingerprint density at radius 2 is 1.89 bits per heavy atom. The van der Waals surface area contributed by atoms with E-state index in [4.69, 9.17) is 4.74 Å². The van der Waals surface area contributed by atoms with Crippen molar-refractivity contribution in [3.63, 3.8) is 0 Å². The molecule has 0 aromatic heterocycles. The average Bonchev–Trinajstić information content (AvgIpc) is 2.31. The van der Waals surface area contributed by atoms with Crippen LogP contribution < -0.4 is 0 Å². The van der Waals surface area contributed by atoms with Crippen LogP contribution in [0.25, 0.3) is 0 Å². The first-order valence-corrected chi connectivity index (χ1v) is 6.50. The molecule has 1 rings (SSSR count). The summed E-state index contributed by atoms with van der Waals surface area (Å²) in [7, 11) is 4.13. The third kappa shape index (κ3) is 5.32. The van der Waals surface area contributed by atoms with Gasteiger partial charge in [-0.2, -0.15) is 0 Å². The Hall–Kier alpha value is -1.35. The predicted molar refractivity (Wildman–Crippen MR) is 73.4 cm³/mol. The topological polar surface area (TPSA) is 29.5 Å². The van der Waals surface area contributed by atoms with Crippen LogP contribution in [0.3, 0.4) is 0 Å². The highest BCUT2D eigenvalue weighted by molar-refractivity contribution is 5.69. The highest BCUT2D eigenvalue weighted by atomic mass is 16.5. The summed E-state index contributed by atoms with van der Waals surface area (Å²) >= 11 is 0. The molecule has 1 aromatic rings. The van der Waals surface area contributed by atoms with Gasteiger partial charge in [0.1, 0.15) is 0 Å². The Kier molecular flexibility index (Phi) is 6.44. The smallest absolute Gasteiger partial charge is 0.305 e. The molecule has 0 aliphatic rings. The second kappa shape index (κ2) is 7.88. The van der Waals surface area contributed by atoms with E-state index in [0.29, 0.717) is 13.0 Å². The van der Waals surface area contributed by atoms with Gasteiger partial charge >= 0.3 is 5.97 Å². The van der Waals surface area contributed by atoms with Gasteiger partial charge in [0.25, 0.3) is 0 Å². The van der Waals surface area contributed by atoms with Gasteiger partial charge in [0.2, 0.25) is 0 Å². The zero-order valence-electron chi connectivity index (χ0n) is 11.6. The first-order valence-electron chi connectivity index (χ1n) is 6.50. The fourth-order valence-corrected chi connectivity index (χ4v) is 1.95. The van der Waals surface area contributed by atoms with E-state index in [1.807, 2.05) is 6.92 Å². The van der Waals surface area contributed by atoms with Crippen molar-refractivity contribution in [1.29, 1.82) is 0 Å². The highest BCUT2D eigenvalue weighted by Gasteiger charge is 2.05. The first kappa shape index (κ1) is 14.7. The molecular formula is C15H23NO2. The Balaban J connectivity index is 2.48. The van der Waals surface area contributed by atoms with E-state index < -0.39 is 0 Å². The van der Waals surface area contributed by atoms with Gasteiger partial charge in [-0.3, -0.25) is 4.79 Å². The Bertz CT molecular complexity index is 375. The van der Waals surface area contributed by atoms with Crippen molar-refractivity contribution in [3.8, 4) is 0 Å². The molecule has 1 aromatic carbocycles. The first-order chi connectivity index (χ1) is 8.63. The van der Waals surface area contributed by atoms with E-state index in [-0.39, 0.29) is 5.97 Å². The molecule has 0 saturated heterocycles. The molecule has 3 heteroatoms. The molecule has 100 valence electrons. The summed E-state index contributed by atoms with van der Waals surface area (Å²) in [6.07, 6.45) is 2.29. The van der Waals surface area contributed by atoms with Crippen molar-refractivity contribution in [2.24, 2.45) is 0 Å². The number of carbonyl (C=O) groups is 1. The van der Waals surface area contributed by atoms with Crippen molar-refractivity contribution >= 4 is 5.97 Å². The van der Waals surface area contributed by atoms with E-state index in [0.717, 1.165) is 19.4 Å². The van der Waals surface area contributed by atoms with Crippen LogP contribution in [0.4, 0.5) is 0 Å². The van der Waals surface area contributed by atoms with Crippen molar-refractivity contribution in [3.05, 3.63) is 35.4 Å². The molecule has 0 amide bonds. The summed E-state index contributed by atoms with van der Waals surface area (Å²) < 4.78 is 4.93. The number of ether oxygens (including phenoxy) is 1. The fraction of sp³-hybridized carbons (Fsp3) is 0.533. The molecule has 18 heavy (non-hydrogen) atoms. The largest absolute Gasteiger partial charge is 0.466 e. The van der Waals surface area contributed by atoms with Gasteiger partial charge in [-0.05, 0) is 45.0 Å². The van der Waals surface area contributed by atoms with E-state index in [1.165, 1.54) is 11.1 Å². The molecule has 0 N–H and O–H groups in total. The lowest BCUT2D eigenvalue weighted by Crippen LogP contribution is -2.12. The maximum atomic E-state index is 11.3. The van der Waals surface area contributed by atoms with E-state index >= 15 is 0 Å². The average molecular weight is 249 g/mol. The van der Waals surface area contributed by atoms with E-state index in [9.17, 15) is 4.79 Å². The zero-order valence-corrected chi connectivity index (χ0v) is 11.6. The molecule has 0 aliphatic carbocycles. The van der Waals surface area contributed by atoms with Crippen molar-refractivity contribution in [1.82, 2.24) is 4.90 Å². The lowest BCUT2D eigenvalue weighted by atomic mass is 10.0. The second-order valence-electron chi connectivity index (χ2n) is 4.67. The summed E-state index contributed by atoms with van der Waals surface area (Å²) in [5, 5.41) is 0. The van der Waals surface area contributed by atoms with Crippen LogP contribution in [0.15, 0.2) is 24.3 Å². The summed E-state index contributed by atoms with van der Waals surface area (Å²) in [5.74, 6) is -0.0948. The van der Waals surface area contributed by atoms with Crippen molar-refractivity contribution in [2.75, 3.05) is 20.7 Å². The number of esters is 1. The SMILES string of the molecule is CCOC(=O)CCCc1ccccc1CN(C)C. The second-order valence-corrected chi connectivity index (χ2v) is 4.67. The van der Waals surface area contributed by atoms with E-state index in [2.05, 4.69) is 43.3 Å². The summed E-state index contributed by atoms with van der Waals surface area (Å²) in [6, 6.07) is 8.41. The Morgan fingerprint density at radius 3 is 2.50 bits per heavy atom. The summed E-state index contributed by atoms with van der Waals surface area (Å²) in [5.41, 5.74) is 2.67. The quantitative estimate of drug-likeness (QED) is 0.696. The predicted octanol–water partition coefficient (Wildman–Crippen LogP) is 2.63. The highest BCUT2D eigenvalue weighted by Crippen LogP contribution is 2.13. The van der Waals surface area contributed by atoms with Gasteiger partial charge in [0, 0.05) is 13.0 Å². The van der Waals surface area contributed by atoms with Crippen LogP contribution in [-0.4, -0.2) is 31.6 Å². The Labute approximate surface area is 110 Å². The molecule has 0 heterocycles. The number of rotatable bonds is 7. The number of carbonyl (C=O) groups excluding carboxylic acids is 1. The van der Waals surface area contributed by atoms with Crippen LogP contribution in [0.5, 0.6) is 0 Å². The minimum absolute atomic E-state index is 0.0948. The molecule has 0 radical (unpaired) electrons. The van der Waals surface area contributed by atoms with Gasteiger partial charge in [-0.1, -0.05) is 24.3 Å². The molecule has 0 aliphatic heterocycles. The minimum Gasteiger partial charge on any atom is -0.466 e. The van der Waals surface area contributed by atoms with Crippen molar-refractivity contribution in [2.45, 2.75) is 32.7 Å². The van der Waals surface area contributed by atoms with Gasteiger partial charge < -0.3 is 9.64 Å². The number of hydrogen-bond donors (Lipinski definition) is 0. The number of benzene rings is 1. The normalized spacial score (nSPS) is 10.7. The number of hydrogen-bond acceptors (Lipinski definition) is 3. The number of nitrogens with zero attached hydrogens (tertiary/aromatic N) is 1. The van der Waals surface area contributed by atoms with Crippen molar-refractivity contribution < 1.29 is 9.53 Å². The molecule has 0 fully saturated rings. The van der Waals surface area contributed by atoms with Crippen LogP contribution in [0.1, 0.15) is 30.9 Å². The van der Waals surface area contributed by atoms with Crippen LogP contribution in [0.2, 0.25) is 0 Å². The molecule has 0 bridgehead atoms. The van der Waals surface area contributed by atoms with Gasteiger partial charge in [0.15, 0.2) is 0 Å².